The number of hydrogen-bond acceptors (Lipinski definition) is 2. The number of halogens is 3. The van der Waals surface area contributed by atoms with Crippen molar-refractivity contribution in [2.24, 2.45) is 11.1 Å². The molecule has 1 aliphatic carbocycles. The lowest BCUT2D eigenvalue weighted by Gasteiger charge is -2.41. The van der Waals surface area contributed by atoms with Crippen LogP contribution in [0, 0.1) is 5.41 Å². The van der Waals surface area contributed by atoms with E-state index in [4.69, 9.17) is 10.5 Å². The molecule has 2 nitrogen and oxygen atoms in total. The molecule has 2 N–H and O–H groups in total. The van der Waals surface area contributed by atoms with E-state index in [1.54, 1.807) is 6.07 Å². The molecule has 0 bridgehead atoms. The molecule has 1 aromatic carbocycles. The molecule has 0 aromatic heterocycles. The molecule has 2 atom stereocenters. The van der Waals surface area contributed by atoms with Crippen LogP contribution in [0.1, 0.15) is 38.7 Å². The number of benzene rings is 1. The minimum atomic E-state index is -4.41. The van der Waals surface area contributed by atoms with Gasteiger partial charge in [0, 0.05) is 6.04 Å². The molecule has 0 aliphatic heterocycles. The molecule has 0 spiro atoms. The highest BCUT2D eigenvalue weighted by atomic mass is 19.4. The van der Waals surface area contributed by atoms with E-state index in [1.165, 1.54) is 12.1 Å². The van der Waals surface area contributed by atoms with Crippen molar-refractivity contribution in [1.82, 2.24) is 0 Å². The van der Waals surface area contributed by atoms with Gasteiger partial charge in [-0.05, 0) is 36.8 Å². The summed E-state index contributed by atoms with van der Waals surface area (Å²) in [5.41, 5.74) is 5.30. The smallest absolute Gasteiger partial charge is 0.419 e. The third-order valence-corrected chi connectivity index (χ3v) is 4.08. The summed E-state index contributed by atoms with van der Waals surface area (Å²) in [4.78, 5) is 0. The Balaban J connectivity index is 2.22. The van der Waals surface area contributed by atoms with Gasteiger partial charge in [0.2, 0.25) is 0 Å². The lowest BCUT2D eigenvalue weighted by molar-refractivity contribution is -0.139. The molecular weight excluding hydrogens is 267 g/mol. The molecule has 112 valence electrons. The number of nitrogens with two attached hydrogens (primary N) is 1. The van der Waals surface area contributed by atoms with Crippen molar-refractivity contribution in [2.75, 3.05) is 0 Å². The summed E-state index contributed by atoms with van der Waals surface area (Å²) >= 11 is 0. The summed E-state index contributed by atoms with van der Waals surface area (Å²) in [6.45, 7) is 4.06. The van der Waals surface area contributed by atoms with Crippen molar-refractivity contribution in [3.63, 3.8) is 0 Å². The molecule has 5 heteroatoms. The minimum Gasteiger partial charge on any atom is -0.488 e. The number of ether oxygens (including phenoxy) is 1. The molecule has 1 saturated carbocycles. The van der Waals surface area contributed by atoms with Crippen LogP contribution in [-0.4, -0.2) is 12.1 Å². The van der Waals surface area contributed by atoms with Gasteiger partial charge in [-0.3, -0.25) is 0 Å². The number of rotatable bonds is 2. The van der Waals surface area contributed by atoms with E-state index in [1.807, 2.05) is 13.8 Å². The first-order chi connectivity index (χ1) is 9.22. The number of hydrogen-bond donors (Lipinski definition) is 1. The molecule has 20 heavy (non-hydrogen) atoms. The zero-order valence-corrected chi connectivity index (χ0v) is 11.7. The molecule has 0 saturated heterocycles. The number of alkyl halides is 3. The molecule has 1 fully saturated rings. The lowest BCUT2D eigenvalue weighted by Crippen LogP contribution is -2.52. The second-order valence-corrected chi connectivity index (χ2v) is 6.06. The van der Waals surface area contributed by atoms with Crippen LogP contribution in [0.15, 0.2) is 24.3 Å². The number of para-hydroxylation sites is 1. The van der Waals surface area contributed by atoms with Gasteiger partial charge in [0.05, 0.1) is 5.56 Å². The molecule has 2 unspecified atom stereocenters. The van der Waals surface area contributed by atoms with Crippen LogP contribution in [0.25, 0.3) is 0 Å². The Hall–Kier alpha value is -1.23. The van der Waals surface area contributed by atoms with E-state index in [0.29, 0.717) is 6.42 Å². The monoisotopic (exact) mass is 287 g/mol. The standard InChI is InChI=1S/C15H20F3NO/c1-14(2)9-5-8-12(13(14)19)20-11-7-4-3-6-10(11)15(16,17)18/h3-4,6-7,12-13H,5,8-9,19H2,1-2H3. The van der Waals surface area contributed by atoms with Gasteiger partial charge in [0.1, 0.15) is 11.9 Å². The van der Waals surface area contributed by atoms with Crippen LogP contribution < -0.4 is 10.5 Å². The molecular formula is C15H20F3NO. The maximum absolute atomic E-state index is 12.9. The third-order valence-electron chi connectivity index (χ3n) is 4.08. The van der Waals surface area contributed by atoms with Crippen LogP contribution in [0.3, 0.4) is 0 Å². The topological polar surface area (TPSA) is 35.2 Å². The van der Waals surface area contributed by atoms with Crippen LogP contribution in [0.4, 0.5) is 13.2 Å². The van der Waals surface area contributed by atoms with E-state index in [2.05, 4.69) is 0 Å². The van der Waals surface area contributed by atoms with E-state index in [9.17, 15) is 13.2 Å². The summed E-state index contributed by atoms with van der Waals surface area (Å²) in [5.74, 6) is -0.127. The maximum Gasteiger partial charge on any atom is 0.419 e. The zero-order chi connectivity index (χ0) is 15.0. The molecule has 1 aromatic rings. The van der Waals surface area contributed by atoms with Crippen LogP contribution in [0.5, 0.6) is 5.75 Å². The first-order valence-electron chi connectivity index (χ1n) is 6.80. The first-order valence-corrected chi connectivity index (χ1v) is 6.80. The lowest BCUT2D eigenvalue weighted by atomic mass is 9.72. The van der Waals surface area contributed by atoms with Gasteiger partial charge in [0.15, 0.2) is 0 Å². The normalized spacial score (nSPS) is 26.3. The third kappa shape index (κ3) is 3.08. The Kier molecular flexibility index (Phi) is 4.00. The molecule has 0 amide bonds. The van der Waals surface area contributed by atoms with Gasteiger partial charge >= 0.3 is 6.18 Å². The van der Waals surface area contributed by atoms with Crippen molar-refractivity contribution in [2.45, 2.75) is 51.4 Å². The van der Waals surface area contributed by atoms with Gasteiger partial charge in [-0.2, -0.15) is 13.2 Å². The minimum absolute atomic E-state index is 0.115. The van der Waals surface area contributed by atoms with Crippen LogP contribution in [-0.2, 0) is 6.18 Å². The first kappa shape index (κ1) is 15.2. The van der Waals surface area contributed by atoms with E-state index in [0.717, 1.165) is 18.9 Å². The summed E-state index contributed by atoms with van der Waals surface area (Å²) in [5, 5.41) is 0. The van der Waals surface area contributed by atoms with Crippen molar-refractivity contribution in [3.8, 4) is 5.75 Å². The Morgan fingerprint density at radius 2 is 1.90 bits per heavy atom. The molecule has 1 aliphatic rings. The van der Waals surface area contributed by atoms with Crippen molar-refractivity contribution >= 4 is 0 Å². The van der Waals surface area contributed by atoms with Gasteiger partial charge in [-0.15, -0.1) is 0 Å². The summed E-state index contributed by atoms with van der Waals surface area (Å²) in [6.07, 6.45) is -2.21. The summed E-state index contributed by atoms with van der Waals surface area (Å²) in [6, 6.07) is 5.04. The van der Waals surface area contributed by atoms with Crippen LogP contribution >= 0.6 is 0 Å². The SMILES string of the molecule is CC1(C)CCCC(Oc2ccccc2C(F)(F)F)C1N. The fraction of sp³-hybridized carbons (Fsp3) is 0.600. The van der Waals surface area contributed by atoms with Crippen molar-refractivity contribution < 1.29 is 17.9 Å². The average molecular weight is 287 g/mol. The Morgan fingerprint density at radius 3 is 2.55 bits per heavy atom. The van der Waals surface area contributed by atoms with Crippen molar-refractivity contribution in [1.29, 1.82) is 0 Å². The molecule has 0 radical (unpaired) electrons. The van der Waals surface area contributed by atoms with Gasteiger partial charge in [0.25, 0.3) is 0 Å². The maximum atomic E-state index is 12.9. The predicted molar refractivity (Wildman–Crippen MR) is 71.5 cm³/mol. The Bertz CT molecular complexity index is 470. The fourth-order valence-corrected chi connectivity index (χ4v) is 2.71. The quantitative estimate of drug-likeness (QED) is 0.892. The Morgan fingerprint density at radius 1 is 1.25 bits per heavy atom. The van der Waals surface area contributed by atoms with Crippen molar-refractivity contribution in [3.05, 3.63) is 29.8 Å². The van der Waals surface area contributed by atoms with Gasteiger partial charge < -0.3 is 10.5 Å². The molecule has 2 rings (SSSR count). The van der Waals surface area contributed by atoms with Crippen LogP contribution in [0.2, 0.25) is 0 Å². The Labute approximate surface area is 117 Å². The second kappa shape index (κ2) is 5.28. The second-order valence-electron chi connectivity index (χ2n) is 6.06. The highest BCUT2D eigenvalue weighted by molar-refractivity contribution is 5.35. The van der Waals surface area contributed by atoms with E-state index < -0.39 is 11.7 Å². The van der Waals surface area contributed by atoms with Gasteiger partial charge in [-0.1, -0.05) is 26.0 Å². The fourth-order valence-electron chi connectivity index (χ4n) is 2.71. The average Bonchev–Trinajstić information content (AvgIpc) is 2.34. The highest BCUT2D eigenvalue weighted by Crippen LogP contribution is 2.40. The van der Waals surface area contributed by atoms with Gasteiger partial charge in [-0.25, -0.2) is 0 Å². The summed E-state index contributed by atoms with van der Waals surface area (Å²) in [7, 11) is 0. The summed E-state index contributed by atoms with van der Waals surface area (Å²) < 4.78 is 44.4. The predicted octanol–water partition coefficient (Wildman–Crippen LogP) is 3.99. The molecule has 0 heterocycles. The highest BCUT2D eigenvalue weighted by Gasteiger charge is 2.40. The van der Waals surface area contributed by atoms with E-state index in [-0.39, 0.29) is 23.3 Å². The zero-order valence-electron chi connectivity index (χ0n) is 11.7. The largest absolute Gasteiger partial charge is 0.488 e. The van der Waals surface area contributed by atoms with E-state index >= 15 is 0 Å².